The molecule has 0 unspecified atom stereocenters. The molecule has 2 rings (SSSR count). The molecular formula is C17H21ClSi. The van der Waals surface area contributed by atoms with Gasteiger partial charge in [0, 0.05) is 5.50 Å². The van der Waals surface area contributed by atoms with Gasteiger partial charge in [-0.2, -0.15) is 0 Å². The fourth-order valence-corrected chi connectivity index (χ4v) is 9.26. The Morgan fingerprint density at radius 2 is 1.16 bits per heavy atom. The van der Waals surface area contributed by atoms with E-state index in [1.165, 1.54) is 10.4 Å². The Morgan fingerprint density at radius 3 is 1.42 bits per heavy atom. The fourth-order valence-electron chi connectivity index (χ4n) is 2.83. The number of hydrogen-bond acceptors (Lipinski definition) is 0. The summed E-state index contributed by atoms with van der Waals surface area (Å²) in [4.78, 5) is 0. The maximum atomic E-state index is 6.54. The predicted molar refractivity (Wildman–Crippen MR) is 88.3 cm³/mol. The van der Waals surface area contributed by atoms with E-state index in [1.54, 1.807) is 0 Å². The van der Waals surface area contributed by atoms with Crippen molar-refractivity contribution in [2.45, 2.75) is 25.8 Å². The number of benzene rings is 2. The standard InChI is InChI=1S/C17H21ClSi/c1-17(2,3)19(14-18,15-10-6-4-7-11-15)16-12-8-5-9-13-16/h4-13H,14H2,1-3H3. The SMILES string of the molecule is CC(C)(C)[Si](CCl)(c1ccccc1)c1ccccc1. The molecule has 0 saturated carbocycles. The molecule has 0 nitrogen and oxygen atoms in total. The number of rotatable bonds is 3. The monoisotopic (exact) mass is 288 g/mol. The van der Waals surface area contributed by atoms with Gasteiger partial charge in [-0.3, -0.25) is 0 Å². The lowest BCUT2D eigenvalue weighted by molar-refractivity contribution is 0.733. The van der Waals surface area contributed by atoms with Gasteiger partial charge in [-0.05, 0) is 5.04 Å². The third-order valence-corrected chi connectivity index (χ3v) is 10.8. The lowest BCUT2D eigenvalue weighted by Gasteiger charge is -2.42. The minimum Gasteiger partial charge on any atom is -0.129 e. The van der Waals surface area contributed by atoms with Gasteiger partial charge in [0.15, 0.2) is 0 Å². The van der Waals surface area contributed by atoms with E-state index in [1.807, 2.05) is 0 Å². The molecule has 0 heterocycles. The van der Waals surface area contributed by atoms with Crippen molar-refractivity contribution in [3.05, 3.63) is 60.7 Å². The van der Waals surface area contributed by atoms with Crippen LogP contribution < -0.4 is 10.4 Å². The highest BCUT2D eigenvalue weighted by Crippen LogP contribution is 2.36. The van der Waals surface area contributed by atoms with Crippen molar-refractivity contribution >= 4 is 30.0 Å². The molecule has 0 aliphatic rings. The second-order valence-corrected chi connectivity index (χ2v) is 11.6. The summed E-state index contributed by atoms with van der Waals surface area (Å²) < 4.78 is 0. The van der Waals surface area contributed by atoms with E-state index in [0.717, 1.165) is 0 Å². The van der Waals surface area contributed by atoms with Crippen LogP contribution in [0.15, 0.2) is 60.7 Å². The molecule has 0 amide bonds. The van der Waals surface area contributed by atoms with Crippen LogP contribution in [0.5, 0.6) is 0 Å². The Bertz CT molecular complexity index is 474. The van der Waals surface area contributed by atoms with Gasteiger partial charge >= 0.3 is 0 Å². The van der Waals surface area contributed by atoms with Gasteiger partial charge in [-0.1, -0.05) is 91.8 Å². The summed E-state index contributed by atoms with van der Waals surface area (Å²) in [6, 6.07) is 21.6. The second kappa shape index (κ2) is 5.52. The number of alkyl halides is 1. The van der Waals surface area contributed by atoms with Gasteiger partial charge in [0.1, 0.15) is 8.07 Å². The van der Waals surface area contributed by atoms with Crippen LogP contribution in [0.3, 0.4) is 0 Å². The van der Waals surface area contributed by atoms with E-state index >= 15 is 0 Å². The molecule has 0 bridgehead atoms. The van der Waals surface area contributed by atoms with Crippen LogP contribution >= 0.6 is 11.6 Å². The van der Waals surface area contributed by atoms with Crippen LogP contribution in [0.25, 0.3) is 0 Å². The van der Waals surface area contributed by atoms with Crippen LogP contribution in [0, 0.1) is 0 Å². The number of halogens is 1. The smallest absolute Gasteiger partial charge is 0.129 e. The lowest BCUT2D eigenvalue weighted by atomic mass is 10.2. The highest BCUT2D eigenvalue weighted by Gasteiger charge is 2.46. The van der Waals surface area contributed by atoms with Gasteiger partial charge in [0.2, 0.25) is 0 Å². The first kappa shape index (κ1) is 14.4. The topological polar surface area (TPSA) is 0 Å². The third-order valence-electron chi connectivity index (χ3n) is 4.01. The van der Waals surface area contributed by atoms with Crippen LogP contribution in [-0.2, 0) is 0 Å². The van der Waals surface area contributed by atoms with E-state index < -0.39 is 8.07 Å². The normalized spacial score (nSPS) is 12.4. The molecule has 2 aromatic carbocycles. The Morgan fingerprint density at radius 1 is 0.789 bits per heavy atom. The molecule has 2 heteroatoms. The van der Waals surface area contributed by atoms with Crippen molar-refractivity contribution in [2.24, 2.45) is 0 Å². The average Bonchev–Trinajstić information content (AvgIpc) is 2.41. The molecule has 0 spiro atoms. The molecular weight excluding hydrogens is 268 g/mol. The Hall–Kier alpha value is -1.05. The van der Waals surface area contributed by atoms with Crippen LogP contribution in [-0.4, -0.2) is 13.6 Å². The molecule has 0 fully saturated rings. The predicted octanol–water partition coefficient (Wildman–Crippen LogP) is 3.83. The van der Waals surface area contributed by atoms with E-state index in [-0.39, 0.29) is 5.04 Å². The van der Waals surface area contributed by atoms with Crippen molar-refractivity contribution < 1.29 is 0 Å². The maximum Gasteiger partial charge on any atom is 0.137 e. The van der Waals surface area contributed by atoms with Gasteiger partial charge in [0.25, 0.3) is 0 Å². The summed E-state index contributed by atoms with van der Waals surface area (Å²) in [5, 5.41) is 3.02. The Labute approximate surface area is 122 Å². The highest BCUT2D eigenvalue weighted by molar-refractivity contribution is 7.07. The molecule has 0 saturated heterocycles. The molecule has 2 aromatic rings. The largest absolute Gasteiger partial charge is 0.137 e. The molecule has 0 atom stereocenters. The van der Waals surface area contributed by atoms with E-state index in [4.69, 9.17) is 11.6 Å². The minimum absolute atomic E-state index is 0.178. The van der Waals surface area contributed by atoms with Crippen LogP contribution in [0.1, 0.15) is 20.8 Å². The Balaban J connectivity index is 2.70. The van der Waals surface area contributed by atoms with Crippen molar-refractivity contribution in [1.82, 2.24) is 0 Å². The van der Waals surface area contributed by atoms with E-state index in [0.29, 0.717) is 5.50 Å². The van der Waals surface area contributed by atoms with Crippen LogP contribution in [0.2, 0.25) is 5.04 Å². The fraction of sp³-hybridized carbons (Fsp3) is 0.294. The summed E-state index contributed by atoms with van der Waals surface area (Å²) in [6.45, 7) is 6.96. The summed E-state index contributed by atoms with van der Waals surface area (Å²) in [5.74, 6) is 0. The first-order valence-corrected chi connectivity index (χ1v) is 9.43. The first-order valence-electron chi connectivity index (χ1n) is 6.69. The first-order chi connectivity index (χ1) is 9.02. The zero-order valence-corrected chi connectivity index (χ0v) is 13.6. The molecule has 0 radical (unpaired) electrons. The van der Waals surface area contributed by atoms with Gasteiger partial charge in [0.05, 0.1) is 0 Å². The minimum atomic E-state index is -1.96. The molecule has 100 valence electrons. The summed E-state index contributed by atoms with van der Waals surface area (Å²) in [7, 11) is -1.96. The molecule has 0 aromatic heterocycles. The van der Waals surface area contributed by atoms with Crippen molar-refractivity contribution in [3.63, 3.8) is 0 Å². The summed E-state index contributed by atoms with van der Waals surface area (Å²) >= 11 is 6.54. The van der Waals surface area contributed by atoms with Crippen LogP contribution in [0.4, 0.5) is 0 Å². The maximum absolute atomic E-state index is 6.54. The molecule has 0 aliphatic carbocycles. The molecule has 0 aliphatic heterocycles. The second-order valence-electron chi connectivity index (χ2n) is 6.02. The van der Waals surface area contributed by atoms with E-state index in [2.05, 4.69) is 81.4 Å². The number of hydrogen-bond donors (Lipinski definition) is 0. The van der Waals surface area contributed by atoms with E-state index in [9.17, 15) is 0 Å². The average molecular weight is 289 g/mol. The van der Waals surface area contributed by atoms with Gasteiger partial charge in [-0.25, -0.2) is 0 Å². The van der Waals surface area contributed by atoms with Gasteiger partial charge in [-0.15, -0.1) is 11.6 Å². The third kappa shape index (κ3) is 2.50. The molecule has 0 N–H and O–H groups in total. The lowest BCUT2D eigenvalue weighted by Crippen LogP contribution is -2.66. The zero-order valence-electron chi connectivity index (χ0n) is 11.9. The quantitative estimate of drug-likeness (QED) is 0.595. The Kier molecular flexibility index (Phi) is 4.17. The molecule has 19 heavy (non-hydrogen) atoms. The van der Waals surface area contributed by atoms with Crippen molar-refractivity contribution in [3.8, 4) is 0 Å². The zero-order chi connectivity index (χ0) is 13.9. The summed E-state index contributed by atoms with van der Waals surface area (Å²) in [6.07, 6.45) is 0. The highest BCUT2D eigenvalue weighted by atomic mass is 35.5. The van der Waals surface area contributed by atoms with Crippen molar-refractivity contribution in [2.75, 3.05) is 5.50 Å². The van der Waals surface area contributed by atoms with Crippen molar-refractivity contribution in [1.29, 1.82) is 0 Å². The van der Waals surface area contributed by atoms with Gasteiger partial charge < -0.3 is 0 Å². The summed E-state index contributed by atoms with van der Waals surface area (Å²) in [5.41, 5.74) is 0.713.